The van der Waals surface area contributed by atoms with E-state index in [1.807, 2.05) is 11.3 Å². The smallest absolute Gasteiger partial charge is 0.332 e. The van der Waals surface area contributed by atoms with Crippen LogP contribution in [0.4, 0.5) is 11.6 Å². The van der Waals surface area contributed by atoms with Crippen LogP contribution < -0.4 is 15.7 Å². The van der Waals surface area contributed by atoms with Gasteiger partial charge < -0.3 is 4.81 Å². The summed E-state index contributed by atoms with van der Waals surface area (Å²) in [7, 11) is 0. The molecule has 0 bridgehead atoms. The van der Waals surface area contributed by atoms with Crippen LogP contribution in [-0.4, -0.2) is 16.8 Å². The van der Waals surface area contributed by atoms with Crippen molar-refractivity contribution in [3.05, 3.63) is 170 Å². The lowest BCUT2D eigenvalue weighted by atomic mass is 9.45. The van der Waals surface area contributed by atoms with Gasteiger partial charge in [0.1, 0.15) is 0 Å². The van der Waals surface area contributed by atoms with Crippen LogP contribution in [0.1, 0.15) is 0 Å². The van der Waals surface area contributed by atoms with Gasteiger partial charge in [-0.1, -0.05) is 163 Å². The highest BCUT2D eigenvalue weighted by Crippen LogP contribution is 2.54. The number of fused-ring (bicyclic) bond motifs is 13. The van der Waals surface area contributed by atoms with E-state index in [-0.39, 0.29) is 6.85 Å². The summed E-state index contributed by atoms with van der Waals surface area (Å²) in [5, 5.41) is 8.54. The molecule has 0 spiro atoms. The highest BCUT2D eigenvalue weighted by Gasteiger charge is 2.42. The zero-order chi connectivity index (χ0) is 33.5. The fourth-order valence-electron chi connectivity index (χ4n) is 8.35. The Labute approximate surface area is 299 Å². The van der Waals surface area contributed by atoms with Crippen molar-refractivity contribution in [1.82, 2.24) is 9.97 Å². The highest BCUT2D eigenvalue weighted by atomic mass is 32.1. The van der Waals surface area contributed by atoms with Crippen molar-refractivity contribution in [2.24, 2.45) is 0 Å². The second-order valence-corrected chi connectivity index (χ2v) is 14.3. The molecule has 8 aromatic carbocycles. The first-order valence-corrected chi connectivity index (χ1v) is 18.2. The molecule has 0 saturated heterocycles. The van der Waals surface area contributed by atoms with E-state index < -0.39 is 0 Å². The van der Waals surface area contributed by atoms with E-state index in [4.69, 9.17) is 9.97 Å². The van der Waals surface area contributed by atoms with Gasteiger partial charge in [0.05, 0.1) is 11.2 Å². The average Bonchev–Trinajstić information content (AvgIpc) is 3.60. The molecule has 1 aliphatic rings. The summed E-state index contributed by atoms with van der Waals surface area (Å²) in [5.74, 6) is 0.688. The second-order valence-electron chi connectivity index (χ2n) is 13.3. The molecule has 5 heteroatoms. The largest absolute Gasteiger partial charge is 0.345 e. The van der Waals surface area contributed by atoms with Crippen molar-refractivity contribution in [2.75, 3.05) is 4.81 Å². The summed E-state index contributed by atoms with van der Waals surface area (Å²) in [5.41, 5.74) is 9.04. The number of para-hydroxylation sites is 1. The summed E-state index contributed by atoms with van der Waals surface area (Å²) in [6.07, 6.45) is 0. The lowest BCUT2D eigenvalue weighted by Crippen LogP contribution is -2.58. The van der Waals surface area contributed by atoms with Crippen LogP contribution in [0.5, 0.6) is 0 Å². The Balaban J connectivity index is 1.38. The monoisotopic (exact) mass is 665 g/mol. The van der Waals surface area contributed by atoms with E-state index in [9.17, 15) is 0 Å². The Hall–Kier alpha value is -6.30. The van der Waals surface area contributed by atoms with Gasteiger partial charge >= 0.3 is 6.85 Å². The van der Waals surface area contributed by atoms with Crippen molar-refractivity contribution >= 4 is 93.4 Å². The molecular formula is C46H28BN3S. The van der Waals surface area contributed by atoms with Crippen LogP contribution in [0, 0.1) is 0 Å². The first-order valence-electron chi connectivity index (χ1n) is 17.4. The van der Waals surface area contributed by atoms with Gasteiger partial charge in [-0.3, -0.25) is 0 Å². The number of benzene rings is 8. The van der Waals surface area contributed by atoms with Crippen LogP contribution in [0.2, 0.25) is 0 Å². The molecule has 0 amide bonds. The number of aromatic nitrogens is 2. The Morgan fingerprint density at radius 2 is 1.14 bits per heavy atom. The number of rotatable bonds is 3. The summed E-state index contributed by atoms with van der Waals surface area (Å²) in [6, 6.07) is 61.1. The topological polar surface area (TPSA) is 29.0 Å². The van der Waals surface area contributed by atoms with Gasteiger partial charge in [0.2, 0.25) is 5.95 Å². The molecule has 0 radical (unpaired) electrons. The molecule has 1 aliphatic heterocycles. The average molecular weight is 666 g/mol. The number of thiophene rings is 1. The molecule has 0 fully saturated rings. The summed E-state index contributed by atoms with van der Waals surface area (Å²) in [6.45, 7) is -0.189. The first-order chi connectivity index (χ1) is 25.3. The molecule has 10 aromatic rings. The highest BCUT2D eigenvalue weighted by molar-refractivity contribution is 7.27. The van der Waals surface area contributed by atoms with E-state index in [2.05, 4.69) is 175 Å². The number of hydrogen-bond acceptors (Lipinski definition) is 4. The molecule has 0 unspecified atom stereocenters. The van der Waals surface area contributed by atoms with Gasteiger partial charge in [0.15, 0.2) is 0 Å². The molecule has 236 valence electrons. The fourth-order valence-corrected chi connectivity index (χ4v) is 9.59. The lowest BCUT2D eigenvalue weighted by Gasteiger charge is -2.39. The molecule has 0 atom stereocenters. The molecule has 11 rings (SSSR count). The standard InChI is InChI=1S/C46H28BN3S/c1-3-16-30(17-4-1)43-35-23-11-13-25-38(35)48-46(49-43)50-44-41(33-21-9-10-22-34(33)45-42(44)36-24-12-14-26-39(36)51-45)40-32-20-8-7-15-29(32)27-28-37(40)47(50)31-18-5-2-6-19-31/h1-28H. The van der Waals surface area contributed by atoms with Crippen LogP contribution in [-0.2, 0) is 0 Å². The molecule has 3 nitrogen and oxygen atoms in total. The zero-order valence-electron chi connectivity index (χ0n) is 27.5. The van der Waals surface area contributed by atoms with Crippen molar-refractivity contribution in [2.45, 2.75) is 0 Å². The van der Waals surface area contributed by atoms with E-state index in [0.717, 1.165) is 27.8 Å². The molecular weight excluding hydrogens is 637 g/mol. The maximum atomic E-state index is 5.57. The Bertz CT molecular complexity index is 2990. The van der Waals surface area contributed by atoms with Crippen LogP contribution in [0.3, 0.4) is 0 Å². The number of nitrogens with zero attached hydrogens (tertiary/aromatic N) is 3. The third-order valence-electron chi connectivity index (χ3n) is 10.5. The van der Waals surface area contributed by atoms with E-state index >= 15 is 0 Å². The van der Waals surface area contributed by atoms with Crippen LogP contribution in [0.25, 0.3) is 75.0 Å². The van der Waals surface area contributed by atoms with Gasteiger partial charge in [0, 0.05) is 47.8 Å². The Morgan fingerprint density at radius 3 is 1.96 bits per heavy atom. The van der Waals surface area contributed by atoms with Gasteiger partial charge in [0.25, 0.3) is 0 Å². The maximum absolute atomic E-state index is 5.57. The van der Waals surface area contributed by atoms with Crippen LogP contribution in [0.15, 0.2) is 170 Å². The van der Waals surface area contributed by atoms with Crippen molar-refractivity contribution in [1.29, 1.82) is 0 Å². The van der Waals surface area contributed by atoms with Crippen molar-refractivity contribution < 1.29 is 0 Å². The quantitative estimate of drug-likeness (QED) is 0.176. The van der Waals surface area contributed by atoms with Gasteiger partial charge in [-0.2, -0.15) is 0 Å². The second kappa shape index (κ2) is 11.1. The molecule has 51 heavy (non-hydrogen) atoms. The van der Waals surface area contributed by atoms with Crippen LogP contribution >= 0.6 is 11.3 Å². The van der Waals surface area contributed by atoms with Gasteiger partial charge in [-0.25, -0.2) is 9.97 Å². The Kier molecular flexibility index (Phi) is 6.22. The maximum Gasteiger partial charge on any atom is 0.332 e. The number of hydrogen-bond donors (Lipinski definition) is 0. The third kappa shape index (κ3) is 4.19. The van der Waals surface area contributed by atoms with Crippen molar-refractivity contribution in [3.63, 3.8) is 0 Å². The predicted octanol–water partition coefficient (Wildman–Crippen LogP) is 10.9. The summed E-state index contributed by atoms with van der Waals surface area (Å²) >= 11 is 1.88. The van der Waals surface area contributed by atoms with E-state index in [0.29, 0.717) is 5.95 Å². The lowest BCUT2D eigenvalue weighted by molar-refractivity contribution is 1.16. The predicted molar refractivity (Wildman–Crippen MR) is 218 cm³/mol. The SMILES string of the molecule is c1ccc(B2c3ccc4ccccc4c3-c3c(c4c5ccccc5sc4c4ccccc34)N2c2nc(-c3ccccc3)c3ccccc3n2)cc1. The minimum Gasteiger partial charge on any atom is -0.345 e. The molecule has 0 N–H and O–H groups in total. The van der Waals surface area contributed by atoms with E-state index in [1.165, 1.54) is 63.8 Å². The molecule has 2 aromatic heterocycles. The molecule has 0 aliphatic carbocycles. The fraction of sp³-hybridized carbons (Fsp3) is 0. The van der Waals surface area contributed by atoms with E-state index in [1.54, 1.807) is 0 Å². The Morgan fingerprint density at radius 1 is 0.490 bits per heavy atom. The zero-order valence-corrected chi connectivity index (χ0v) is 28.3. The minimum absolute atomic E-state index is 0.189. The minimum atomic E-state index is -0.189. The third-order valence-corrected chi connectivity index (χ3v) is 11.7. The molecule has 0 saturated carbocycles. The summed E-state index contributed by atoms with van der Waals surface area (Å²) < 4.78 is 2.56. The molecule has 3 heterocycles. The first kappa shape index (κ1) is 28.5. The number of anilines is 2. The normalized spacial score (nSPS) is 12.6. The van der Waals surface area contributed by atoms with Gasteiger partial charge in [-0.15, -0.1) is 11.3 Å². The summed E-state index contributed by atoms with van der Waals surface area (Å²) in [4.78, 5) is 13.5. The van der Waals surface area contributed by atoms with Crippen molar-refractivity contribution in [3.8, 4) is 22.4 Å². The van der Waals surface area contributed by atoms with Gasteiger partial charge in [-0.05, 0) is 39.3 Å².